The number of hydrogen-bond donors (Lipinski definition) is 1. The van der Waals surface area contributed by atoms with Gasteiger partial charge >= 0.3 is 0 Å². The van der Waals surface area contributed by atoms with E-state index in [1.54, 1.807) is 19.0 Å². The van der Waals surface area contributed by atoms with E-state index in [-0.39, 0.29) is 11.9 Å². The fourth-order valence-electron chi connectivity index (χ4n) is 2.03. The molecule has 0 fully saturated rings. The molecule has 0 heterocycles. The minimum absolute atomic E-state index is 0.0199. The summed E-state index contributed by atoms with van der Waals surface area (Å²) in [5, 5.41) is 3.43. The molecular formula is C17H20N2O. The van der Waals surface area contributed by atoms with Crippen molar-refractivity contribution in [2.45, 2.75) is 12.5 Å². The summed E-state index contributed by atoms with van der Waals surface area (Å²) in [7, 11) is 3.57. The molecule has 0 aliphatic heterocycles. The Bertz CT molecular complexity index is 537. The molecule has 0 bridgehead atoms. The Hall–Kier alpha value is -2.29. The number of carbonyl (C=O) groups is 1. The third kappa shape index (κ3) is 3.85. The van der Waals surface area contributed by atoms with Crippen LogP contribution in [0.5, 0.6) is 0 Å². The van der Waals surface area contributed by atoms with E-state index in [0.717, 1.165) is 11.3 Å². The van der Waals surface area contributed by atoms with E-state index < -0.39 is 0 Å². The second-order valence-electron chi connectivity index (χ2n) is 4.97. The molecule has 1 atom stereocenters. The largest absolute Gasteiger partial charge is 0.378 e. The van der Waals surface area contributed by atoms with Crippen LogP contribution in [-0.2, 0) is 4.79 Å². The van der Waals surface area contributed by atoms with Crippen LogP contribution in [0.25, 0.3) is 0 Å². The van der Waals surface area contributed by atoms with Gasteiger partial charge in [-0.15, -0.1) is 0 Å². The summed E-state index contributed by atoms with van der Waals surface area (Å²) in [5.41, 5.74) is 2.14. The zero-order valence-corrected chi connectivity index (χ0v) is 11.9. The van der Waals surface area contributed by atoms with Crippen molar-refractivity contribution in [1.82, 2.24) is 4.90 Å². The molecule has 3 heteroatoms. The summed E-state index contributed by atoms with van der Waals surface area (Å²) in [5.74, 6) is 0.113. The summed E-state index contributed by atoms with van der Waals surface area (Å²) in [6, 6.07) is 20.0. The van der Waals surface area contributed by atoms with Gasteiger partial charge in [-0.3, -0.25) is 4.79 Å². The average Bonchev–Trinajstić information content (AvgIpc) is 2.48. The van der Waals surface area contributed by atoms with Gasteiger partial charge in [-0.05, 0) is 17.7 Å². The van der Waals surface area contributed by atoms with Gasteiger partial charge in [-0.2, -0.15) is 0 Å². The fourth-order valence-corrected chi connectivity index (χ4v) is 2.03. The van der Waals surface area contributed by atoms with Gasteiger partial charge in [0, 0.05) is 19.8 Å². The Kier molecular flexibility index (Phi) is 4.77. The Morgan fingerprint density at radius 2 is 1.55 bits per heavy atom. The number of nitrogens with one attached hydrogen (secondary N) is 1. The van der Waals surface area contributed by atoms with Crippen molar-refractivity contribution in [3.8, 4) is 0 Å². The summed E-state index contributed by atoms with van der Waals surface area (Å²) in [6.45, 7) is 0. The van der Waals surface area contributed by atoms with E-state index in [1.807, 2.05) is 60.7 Å². The molecule has 2 aromatic rings. The van der Waals surface area contributed by atoms with Crippen LogP contribution in [-0.4, -0.2) is 24.9 Å². The van der Waals surface area contributed by atoms with Crippen LogP contribution in [0.4, 0.5) is 5.69 Å². The Labute approximate surface area is 120 Å². The SMILES string of the molecule is CN(C)C(=O)CC(Nc1ccccc1)c1ccccc1. The number of para-hydroxylation sites is 1. The fraction of sp³-hybridized carbons (Fsp3) is 0.235. The first-order valence-corrected chi connectivity index (χ1v) is 6.73. The summed E-state index contributed by atoms with van der Waals surface area (Å²) in [4.78, 5) is 13.6. The molecular weight excluding hydrogens is 248 g/mol. The van der Waals surface area contributed by atoms with Gasteiger partial charge in [0.25, 0.3) is 0 Å². The first kappa shape index (κ1) is 14.1. The van der Waals surface area contributed by atoms with Crippen molar-refractivity contribution < 1.29 is 4.79 Å². The quantitative estimate of drug-likeness (QED) is 0.902. The van der Waals surface area contributed by atoms with Crippen molar-refractivity contribution >= 4 is 11.6 Å². The maximum atomic E-state index is 12.0. The Balaban J connectivity index is 2.18. The van der Waals surface area contributed by atoms with Gasteiger partial charge < -0.3 is 10.2 Å². The number of nitrogens with zero attached hydrogens (tertiary/aromatic N) is 1. The van der Waals surface area contributed by atoms with Gasteiger partial charge in [0.15, 0.2) is 0 Å². The van der Waals surface area contributed by atoms with E-state index in [2.05, 4.69) is 5.32 Å². The third-order valence-corrected chi connectivity index (χ3v) is 3.19. The van der Waals surface area contributed by atoms with Crippen LogP contribution < -0.4 is 5.32 Å². The highest BCUT2D eigenvalue weighted by Crippen LogP contribution is 2.23. The normalized spacial score (nSPS) is 11.7. The average molecular weight is 268 g/mol. The summed E-state index contributed by atoms with van der Waals surface area (Å²) < 4.78 is 0. The van der Waals surface area contributed by atoms with E-state index in [1.165, 1.54) is 0 Å². The molecule has 0 spiro atoms. The van der Waals surface area contributed by atoms with E-state index in [4.69, 9.17) is 0 Å². The van der Waals surface area contributed by atoms with Crippen LogP contribution in [0.15, 0.2) is 60.7 Å². The molecule has 0 aliphatic carbocycles. The van der Waals surface area contributed by atoms with Gasteiger partial charge in [0.05, 0.1) is 12.5 Å². The van der Waals surface area contributed by atoms with E-state index >= 15 is 0 Å². The molecule has 104 valence electrons. The Morgan fingerprint density at radius 1 is 1.00 bits per heavy atom. The number of amides is 1. The van der Waals surface area contributed by atoms with Crippen LogP contribution >= 0.6 is 0 Å². The minimum Gasteiger partial charge on any atom is -0.378 e. The number of rotatable bonds is 5. The predicted octanol–water partition coefficient (Wildman–Crippen LogP) is 3.32. The predicted molar refractivity (Wildman–Crippen MR) is 82.6 cm³/mol. The van der Waals surface area contributed by atoms with E-state index in [0.29, 0.717) is 6.42 Å². The molecule has 1 N–H and O–H groups in total. The van der Waals surface area contributed by atoms with Crippen LogP contribution in [0, 0.1) is 0 Å². The molecule has 0 aromatic heterocycles. The van der Waals surface area contributed by atoms with Crippen molar-refractivity contribution in [1.29, 1.82) is 0 Å². The molecule has 0 aliphatic rings. The van der Waals surface area contributed by atoms with Crippen LogP contribution in [0.2, 0.25) is 0 Å². The lowest BCUT2D eigenvalue weighted by atomic mass is 10.0. The third-order valence-electron chi connectivity index (χ3n) is 3.19. The number of hydrogen-bond acceptors (Lipinski definition) is 2. The van der Waals surface area contributed by atoms with Gasteiger partial charge in [-0.1, -0.05) is 48.5 Å². The number of benzene rings is 2. The molecule has 1 unspecified atom stereocenters. The molecule has 20 heavy (non-hydrogen) atoms. The monoisotopic (exact) mass is 268 g/mol. The lowest BCUT2D eigenvalue weighted by Gasteiger charge is -2.22. The first-order chi connectivity index (χ1) is 9.66. The van der Waals surface area contributed by atoms with Crippen molar-refractivity contribution in [3.05, 3.63) is 66.2 Å². The summed E-state index contributed by atoms with van der Waals surface area (Å²) >= 11 is 0. The van der Waals surface area contributed by atoms with Gasteiger partial charge in [-0.25, -0.2) is 0 Å². The molecule has 1 amide bonds. The van der Waals surface area contributed by atoms with Crippen LogP contribution in [0.1, 0.15) is 18.0 Å². The molecule has 2 rings (SSSR count). The van der Waals surface area contributed by atoms with Crippen molar-refractivity contribution in [2.75, 3.05) is 19.4 Å². The lowest BCUT2D eigenvalue weighted by molar-refractivity contribution is -0.128. The summed E-state index contributed by atoms with van der Waals surface area (Å²) in [6.07, 6.45) is 0.436. The minimum atomic E-state index is -0.0199. The molecule has 0 saturated carbocycles. The van der Waals surface area contributed by atoms with Crippen molar-refractivity contribution in [3.63, 3.8) is 0 Å². The topological polar surface area (TPSA) is 32.3 Å². The highest BCUT2D eigenvalue weighted by molar-refractivity contribution is 5.77. The highest BCUT2D eigenvalue weighted by atomic mass is 16.2. The second kappa shape index (κ2) is 6.75. The zero-order chi connectivity index (χ0) is 14.4. The Morgan fingerprint density at radius 3 is 2.10 bits per heavy atom. The molecule has 0 radical (unpaired) electrons. The second-order valence-corrected chi connectivity index (χ2v) is 4.97. The van der Waals surface area contributed by atoms with Crippen LogP contribution in [0.3, 0.4) is 0 Å². The molecule has 2 aromatic carbocycles. The van der Waals surface area contributed by atoms with E-state index in [9.17, 15) is 4.79 Å². The van der Waals surface area contributed by atoms with Crippen molar-refractivity contribution in [2.24, 2.45) is 0 Å². The standard InChI is InChI=1S/C17H20N2O/c1-19(2)17(20)13-16(14-9-5-3-6-10-14)18-15-11-7-4-8-12-15/h3-12,16,18H,13H2,1-2H3. The number of carbonyl (C=O) groups excluding carboxylic acids is 1. The molecule has 3 nitrogen and oxygen atoms in total. The van der Waals surface area contributed by atoms with Gasteiger partial charge in [0.2, 0.25) is 5.91 Å². The molecule has 0 saturated heterocycles. The van der Waals surface area contributed by atoms with Gasteiger partial charge in [0.1, 0.15) is 0 Å². The highest BCUT2D eigenvalue weighted by Gasteiger charge is 2.16. The number of anilines is 1. The lowest BCUT2D eigenvalue weighted by Crippen LogP contribution is -2.26. The maximum absolute atomic E-state index is 12.0. The first-order valence-electron chi connectivity index (χ1n) is 6.73. The smallest absolute Gasteiger partial charge is 0.224 e. The maximum Gasteiger partial charge on any atom is 0.224 e. The zero-order valence-electron chi connectivity index (χ0n) is 11.9.